The number of rotatable bonds is 2. The van der Waals surface area contributed by atoms with Gasteiger partial charge in [-0.2, -0.15) is 0 Å². The molecule has 0 aliphatic carbocycles. The molecule has 6 nitrogen and oxygen atoms in total. The fourth-order valence-electron chi connectivity index (χ4n) is 2.13. The van der Waals surface area contributed by atoms with Crippen molar-refractivity contribution in [1.82, 2.24) is 5.32 Å². The van der Waals surface area contributed by atoms with Gasteiger partial charge in [-0.05, 0) is 32.4 Å². The number of nitrogens with zero attached hydrogens (tertiary/aromatic N) is 2. The number of nitrogens with one attached hydrogen (secondary N) is 1. The number of anilines is 1. The first kappa shape index (κ1) is 12.3. The number of amides is 2. The van der Waals surface area contributed by atoms with Gasteiger partial charge in [0.1, 0.15) is 0 Å². The summed E-state index contributed by atoms with van der Waals surface area (Å²) in [4.78, 5) is 23.7. The summed E-state index contributed by atoms with van der Waals surface area (Å²) in [5.41, 5.74) is 0.398. The van der Waals surface area contributed by atoms with Crippen LogP contribution in [0.4, 0.5) is 16.2 Å². The number of urea groups is 1. The lowest BCUT2D eigenvalue weighted by molar-refractivity contribution is -0.384. The third-order valence-electron chi connectivity index (χ3n) is 3.14. The zero-order valence-electron chi connectivity index (χ0n) is 10.3. The molecule has 2 rings (SSSR count). The Bertz CT molecular complexity index is 482. The van der Waals surface area contributed by atoms with Crippen LogP contribution in [0.15, 0.2) is 24.3 Å². The number of carbonyl (C=O) groups is 1. The molecule has 0 atom stereocenters. The van der Waals surface area contributed by atoms with Crippen molar-refractivity contribution in [3.8, 4) is 0 Å². The van der Waals surface area contributed by atoms with Gasteiger partial charge in [-0.15, -0.1) is 0 Å². The van der Waals surface area contributed by atoms with E-state index in [1.54, 1.807) is 17.0 Å². The molecule has 96 valence electrons. The summed E-state index contributed by atoms with van der Waals surface area (Å²) in [6.45, 7) is 4.61. The monoisotopic (exact) mass is 249 g/mol. The first-order valence-electron chi connectivity index (χ1n) is 5.74. The lowest BCUT2D eigenvalue weighted by atomic mass is 9.95. The standard InChI is InChI=1S/C12H15N3O3/c1-12(2)7-8-13-11(16)14(12)9-3-5-10(6-4-9)15(17)18/h3-6H,7-8H2,1-2H3,(H,13,16). The van der Waals surface area contributed by atoms with Gasteiger partial charge < -0.3 is 5.32 Å². The van der Waals surface area contributed by atoms with E-state index in [1.165, 1.54) is 12.1 Å². The van der Waals surface area contributed by atoms with E-state index in [-0.39, 0.29) is 17.3 Å². The SMILES string of the molecule is CC1(C)CCNC(=O)N1c1ccc([N+](=O)[O-])cc1. The van der Waals surface area contributed by atoms with Gasteiger partial charge in [0.15, 0.2) is 0 Å². The van der Waals surface area contributed by atoms with Crippen molar-refractivity contribution in [3.05, 3.63) is 34.4 Å². The van der Waals surface area contributed by atoms with Crippen LogP contribution >= 0.6 is 0 Å². The zero-order chi connectivity index (χ0) is 13.3. The van der Waals surface area contributed by atoms with Gasteiger partial charge in [0.2, 0.25) is 0 Å². The first-order chi connectivity index (χ1) is 8.42. The van der Waals surface area contributed by atoms with E-state index in [4.69, 9.17) is 0 Å². The van der Waals surface area contributed by atoms with Crippen molar-refractivity contribution in [1.29, 1.82) is 0 Å². The van der Waals surface area contributed by atoms with Crippen molar-refractivity contribution in [2.45, 2.75) is 25.8 Å². The van der Waals surface area contributed by atoms with E-state index in [0.717, 1.165) is 6.42 Å². The molecule has 0 saturated carbocycles. The molecular weight excluding hydrogens is 234 g/mol. The Hall–Kier alpha value is -2.11. The molecule has 0 bridgehead atoms. The number of benzene rings is 1. The summed E-state index contributed by atoms with van der Waals surface area (Å²) < 4.78 is 0. The van der Waals surface area contributed by atoms with E-state index in [2.05, 4.69) is 5.32 Å². The van der Waals surface area contributed by atoms with Gasteiger partial charge in [0.25, 0.3) is 5.69 Å². The molecule has 1 fully saturated rings. The Labute approximate surface area is 105 Å². The Morgan fingerprint density at radius 2 is 1.94 bits per heavy atom. The molecule has 1 aromatic rings. The highest BCUT2D eigenvalue weighted by atomic mass is 16.6. The topological polar surface area (TPSA) is 75.5 Å². The number of non-ortho nitro benzene ring substituents is 1. The quantitative estimate of drug-likeness (QED) is 0.645. The Morgan fingerprint density at radius 3 is 2.44 bits per heavy atom. The molecule has 0 spiro atoms. The Balaban J connectivity index is 2.34. The van der Waals surface area contributed by atoms with Crippen LogP contribution < -0.4 is 10.2 Å². The normalized spacial score (nSPS) is 18.3. The predicted octanol–water partition coefficient (Wildman–Crippen LogP) is 2.29. The molecule has 0 radical (unpaired) electrons. The molecule has 1 aromatic carbocycles. The Kier molecular flexibility index (Phi) is 2.94. The molecule has 0 unspecified atom stereocenters. The van der Waals surface area contributed by atoms with E-state index < -0.39 is 4.92 Å². The van der Waals surface area contributed by atoms with Crippen LogP contribution in [-0.2, 0) is 0 Å². The molecule has 6 heteroatoms. The number of hydrogen-bond acceptors (Lipinski definition) is 3. The summed E-state index contributed by atoms with van der Waals surface area (Å²) in [5.74, 6) is 0. The first-order valence-corrected chi connectivity index (χ1v) is 5.74. The van der Waals surface area contributed by atoms with E-state index in [9.17, 15) is 14.9 Å². The fourth-order valence-corrected chi connectivity index (χ4v) is 2.13. The average molecular weight is 249 g/mol. The maximum atomic E-state index is 11.9. The highest BCUT2D eigenvalue weighted by Gasteiger charge is 2.35. The number of carbonyl (C=O) groups excluding carboxylic acids is 1. The van der Waals surface area contributed by atoms with Gasteiger partial charge in [0.05, 0.1) is 4.92 Å². The third kappa shape index (κ3) is 2.13. The van der Waals surface area contributed by atoms with Crippen molar-refractivity contribution >= 4 is 17.4 Å². The minimum atomic E-state index is -0.453. The predicted molar refractivity (Wildman–Crippen MR) is 67.7 cm³/mol. The molecule has 1 heterocycles. The molecule has 0 aromatic heterocycles. The molecule has 1 N–H and O–H groups in total. The largest absolute Gasteiger partial charge is 0.338 e. The van der Waals surface area contributed by atoms with Gasteiger partial charge in [-0.1, -0.05) is 0 Å². The highest BCUT2D eigenvalue weighted by molar-refractivity contribution is 5.94. The molecule has 1 aliphatic rings. The van der Waals surface area contributed by atoms with E-state index in [1.807, 2.05) is 13.8 Å². The summed E-state index contributed by atoms with van der Waals surface area (Å²) in [5, 5.41) is 13.4. The van der Waals surface area contributed by atoms with Crippen molar-refractivity contribution < 1.29 is 9.72 Å². The number of hydrogen-bond donors (Lipinski definition) is 1. The highest BCUT2D eigenvalue weighted by Crippen LogP contribution is 2.30. The summed E-state index contributed by atoms with van der Waals surface area (Å²) in [7, 11) is 0. The van der Waals surface area contributed by atoms with Crippen LogP contribution in [0.5, 0.6) is 0 Å². The minimum Gasteiger partial charge on any atom is -0.338 e. The maximum Gasteiger partial charge on any atom is 0.322 e. The van der Waals surface area contributed by atoms with Crippen LogP contribution in [0, 0.1) is 10.1 Å². The fraction of sp³-hybridized carbons (Fsp3) is 0.417. The van der Waals surface area contributed by atoms with Gasteiger partial charge in [-0.25, -0.2) is 4.79 Å². The van der Waals surface area contributed by atoms with Crippen LogP contribution in [0.2, 0.25) is 0 Å². The van der Waals surface area contributed by atoms with Crippen molar-refractivity contribution in [3.63, 3.8) is 0 Å². The molecule has 1 saturated heterocycles. The minimum absolute atomic E-state index is 0.0222. The van der Waals surface area contributed by atoms with E-state index >= 15 is 0 Å². The average Bonchev–Trinajstić information content (AvgIpc) is 2.28. The third-order valence-corrected chi connectivity index (χ3v) is 3.14. The van der Waals surface area contributed by atoms with Crippen molar-refractivity contribution in [2.24, 2.45) is 0 Å². The van der Waals surface area contributed by atoms with Crippen LogP contribution in [-0.4, -0.2) is 23.0 Å². The lowest BCUT2D eigenvalue weighted by Gasteiger charge is -2.42. The second-order valence-electron chi connectivity index (χ2n) is 4.90. The Morgan fingerprint density at radius 1 is 1.33 bits per heavy atom. The summed E-state index contributed by atoms with van der Waals surface area (Å²) in [6, 6.07) is 5.86. The molecule has 1 aliphatic heterocycles. The number of nitro groups is 1. The van der Waals surface area contributed by atoms with E-state index in [0.29, 0.717) is 12.2 Å². The lowest BCUT2D eigenvalue weighted by Crippen LogP contribution is -2.58. The van der Waals surface area contributed by atoms with Crippen molar-refractivity contribution in [2.75, 3.05) is 11.4 Å². The smallest absolute Gasteiger partial charge is 0.322 e. The van der Waals surface area contributed by atoms with Crippen LogP contribution in [0.3, 0.4) is 0 Å². The molecular formula is C12H15N3O3. The summed E-state index contributed by atoms with van der Waals surface area (Å²) >= 11 is 0. The summed E-state index contributed by atoms with van der Waals surface area (Å²) in [6.07, 6.45) is 0.829. The molecule has 2 amide bonds. The van der Waals surface area contributed by atoms with Gasteiger partial charge in [-0.3, -0.25) is 15.0 Å². The maximum absolute atomic E-state index is 11.9. The second kappa shape index (κ2) is 4.29. The van der Waals surface area contributed by atoms with Crippen LogP contribution in [0.1, 0.15) is 20.3 Å². The molecule has 18 heavy (non-hydrogen) atoms. The second-order valence-corrected chi connectivity index (χ2v) is 4.90. The number of nitro benzene ring substituents is 1. The van der Waals surface area contributed by atoms with Gasteiger partial charge >= 0.3 is 6.03 Å². The van der Waals surface area contributed by atoms with Crippen LogP contribution in [0.25, 0.3) is 0 Å². The van der Waals surface area contributed by atoms with Gasteiger partial charge in [0, 0.05) is 29.9 Å². The zero-order valence-corrected chi connectivity index (χ0v) is 10.3.